The average Bonchev–Trinajstić information content (AvgIpc) is 2.34. The van der Waals surface area contributed by atoms with E-state index in [1.807, 2.05) is 0 Å². The molecule has 0 saturated carbocycles. The van der Waals surface area contributed by atoms with Gasteiger partial charge in [0.1, 0.15) is 0 Å². The average molecular weight is 131 g/mol. The molecule has 1 rings (SSSR count). The first-order chi connectivity index (χ1) is 4.36. The van der Waals surface area contributed by atoms with Crippen LogP contribution in [-0.4, -0.2) is 36.0 Å². The summed E-state index contributed by atoms with van der Waals surface area (Å²) >= 11 is 0. The summed E-state index contributed by atoms with van der Waals surface area (Å²) in [5.41, 5.74) is 0. The Morgan fingerprint density at radius 1 is 1.33 bits per heavy atom. The summed E-state index contributed by atoms with van der Waals surface area (Å²) in [5, 5.41) is 20.4. The number of rotatable bonds is 2. The molecule has 0 spiro atoms. The van der Waals surface area contributed by atoms with Crippen molar-refractivity contribution in [1.82, 2.24) is 5.32 Å². The minimum Gasteiger partial charge on any atom is -0.396 e. The van der Waals surface area contributed by atoms with Crippen LogP contribution in [0, 0.1) is 5.92 Å². The minimum absolute atomic E-state index is 0.191. The van der Waals surface area contributed by atoms with Crippen molar-refractivity contribution >= 4 is 0 Å². The van der Waals surface area contributed by atoms with Gasteiger partial charge in [-0.3, -0.25) is 0 Å². The van der Waals surface area contributed by atoms with Gasteiger partial charge in [-0.25, -0.2) is 0 Å². The second kappa shape index (κ2) is 3.15. The van der Waals surface area contributed by atoms with Gasteiger partial charge in [0, 0.05) is 19.2 Å². The lowest BCUT2D eigenvalue weighted by Gasteiger charge is -2.03. The Labute approximate surface area is 54.7 Å². The van der Waals surface area contributed by atoms with E-state index in [0.717, 1.165) is 13.0 Å². The molecule has 1 fully saturated rings. The Kier molecular flexibility index (Phi) is 2.45. The third kappa shape index (κ3) is 1.64. The highest BCUT2D eigenvalue weighted by atomic mass is 16.3. The normalized spacial score (nSPS) is 35.3. The molecule has 0 bridgehead atoms. The fourth-order valence-electron chi connectivity index (χ4n) is 1.18. The van der Waals surface area contributed by atoms with Crippen LogP contribution in [0.2, 0.25) is 0 Å². The SMILES string of the molecule is OC[C@H]1CN[C@@H](CO)C1. The molecule has 0 aromatic heterocycles. The third-order valence-corrected chi connectivity index (χ3v) is 1.79. The van der Waals surface area contributed by atoms with E-state index >= 15 is 0 Å². The van der Waals surface area contributed by atoms with Crippen LogP contribution in [0.1, 0.15) is 6.42 Å². The molecule has 0 aliphatic carbocycles. The predicted octanol–water partition coefficient (Wildman–Crippen LogP) is -1.05. The smallest absolute Gasteiger partial charge is 0.0584 e. The molecule has 3 heteroatoms. The fourth-order valence-corrected chi connectivity index (χ4v) is 1.18. The van der Waals surface area contributed by atoms with Gasteiger partial charge in [0.2, 0.25) is 0 Å². The number of aliphatic hydroxyl groups excluding tert-OH is 2. The van der Waals surface area contributed by atoms with E-state index in [0.29, 0.717) is 5.92 Å². The molecule has 9 heavy (non-hydrogen) atoms. The zero-order chi connectivity index (χ0) is 6.69. The van der Waals surface area contributed by atoms with E-state index in [9.17, 15) is 0 Å². The number of hydrogen-bond acceptors (Lipinski definition) is 3. The van der Waals surface area contributed by atoms with Crippen LogP contribution in [0.5, 0.6) is 0 Å². The van der Waals surface area contributed by atoms with Crippen molar-refractivity contribution in [2.75, 3.05) is 19.8 Å². The molecular formula is C6H13NO2. The van der Waals surface area contributed by atoms with Gasteiger partial charge in [0.15, 0.2) is 0 Å². The molecule has 54 valence electrons. The summed E-state index contributed by atoms with van der Waals surface area (Å²) in [6.45, 7) is 1.28. The van der Waals surface area contributed by atoms with E-state index in [4.69, 9.17) is 10.2 Å². The van der Waals surface area contributed by atoms with Crippen molar-refractivity contribution in [3.8, 4) is 0 Å². The van der Waals surface area contributed by atoms with Crippen LogP contribution in [0.3, 0.4) is 0 Å². The maximum absolute atomic E-state index is 8.66. The Hall–Kier alpha value is -0.120. The van der Waals surface area contributed by atoms with Crippen molar-refractivity contribution in [3.63, 3.8) is 0 Å². The van der Waals surface area contributed by atoms with Crippen molar-refractivity contribution in [3.05, 3.63) is 0 Å². The van der Waals surface area contributed by atoms with Crippen LogP contribution in [0.4, 0.5) is 0 Å². The van der Waals surface area contributed by atoms with Crippen molar-refractivity contribution in [2.45, 2.75) is 12.5 Å². The molecule has 0 radical (unpaired) electrons. The Morgan fingerprint density at radius 3 is 2.44 bits per heavy atom. The molecule has 0 aromatic carbocycles. The lowest BCUT2D eigenvalue weighted by Crippen LogP contribution is -2.24. The summed E-state index contributed by atoms with van der Waals surface area (Å²) in [5.74, 6) is 0.363. The van der Waals surface area contributed by atoms with Crippen molar-refractivity contribution in [2.24, 2.45) is 5.92 Å². The molecule has 0 aromatic rings. The Balaban J connectivity index is 2.20. The first-order valence-corrected chi connectivity index (χ1v) is 3.32. The van der Waals surface area contributed by atoms with Crippen LogP contribution >= 0.6 is 0 Å². The largest absolute Gasteiger partial charge is 0.396 e. The van der Waals surface area contributed by atoms with Gasteiger partial charge in [0.25, 0.3) is 0 Å². The van der Waals surface area contributed by atoms with Gasteiger partial charge in [-0.05, 0) is 12.3 Å². The van der Waals surface area contributed by atoms with Crippen LogP contribution in [0.25, 0.3) is 0 Å². The van der Waals surface area contributed by atoms with Crippen LogP contribution in [-0.2, 0) is 0 Å². The number of nitrogens with one attached hydrogen (secondary N) is 1. The van der Waals surface area contributed by atoms with Gasteiger partial charge in [-0.2, -0.15) is 0 Å². The van der Waals surface area contributed by atoms with Crippen LogP contribution < -0.4 is 5.32 Å². The summed E-state index contributed by atoms with van der Waals surface area (Å²) in [6.07, 6.45) is 0.910. The van der Waals surface area contributed by atoms with E-state index in [1.165, 1.54) is 0 Å². The zero-order valence-electron chi connectivity index (χ0n) is 5.38. The zero-order valence-corrected chi connectivity index (χ0v) is 5.38. The standard InChI is InChI=1S/C6H13NO2/c8-3-5-1-6(4-9)7-2-5/h5-9H,1-4H2/t5-,6-/m1/s1. The number of aliphatic hydroxyl groups is 2. The highest BCUT2D eigenvalue weighted by molar-refractivity contribution is 4.79. The van der Waals surface area contributed by atoms with Gasteiger partial charge in [-0.1, -0.05) is 0 Å². The molecule has 3 N–H and O–H groups in total. The Bertz CT molecular complexity index is 77.1. The highest BCUT2D eigenvalue weighted by Gasteiger charge is 2.21. The molecule has 3 nitrogen and oxygen atoms in total. The lowest BCUT2D eigenvalue weighted by atomic mass is 10.1. The third-order valence-electron chi connectivity index (χ3n) is 1.79. The quantitative estimate of drug-likeness (QED) is 0.448. The summed E-state index contributed by atoms with van der Waals surface area (Å²) in [4.78, 5) is 0. The minimum atomic E-state index is 0.191. The predicted molar refractivity (Wildman–Crippen MR) is 34.1 cm³/mol. The second-order valence-corrected chi connectivity index (χ2v) is 2.57. The lowest BCUT2D eigenvalue weighted by molar-refractivity contribution is 0.223. The van der Waals surface area contributed by atoms with Gasteiger partial charge >= 0.3 is 0 Å². The molecule has 0 unspecified atom stereocenters. The summed E-state index contributed by atoms with van der Waals surface area (Å²) in [7, 11) is 0. The molecule has 2 atom stereocenters. The highest BCUT2D eigenvalue weighted by Crippen LogP contribution is 2.11. The van der Waals surface area contributed by atoms with Crippen molar-refractivity contribution in [1.29, 1.82) is 0 Å². The maximum atomic E-state index is 8.66. The second-order valence-electron chi connectivity index (χ2n) is 2.57. The molecule has 1 heterocycles. The topological polar surface area (TPSA) is 52.5 Å². The van der Waals surface area contributed by atoms with Gasteiger partial charge in [-0.15, -0.1) is 0 Å². The fraction of sp³-hybridized carbons (Fsp3) is 1.00. The molecule has 1 aliphatic heterocycles. The Morgan fingerprint density at radius 2 is 2.11 bits per heavy atom. The van der Waals surface area contributed by atoms with E-state index < -0.39 is 0 Å². The molecular weight excluding hydrogens is 118 g/mol. The van der Waals surface area contributed by atoms with Crippen LogP contribution in [0.15, 0.2) is 0 Å². The monoisotopic (exact) mass is 131 g/mol. The molecule has 0 amide bonds. The van der Waals surface area contributed by atoms with Gasteiger partial charge in [0.05, 0.1) is 6.61 Å². The van der Waals surface area contributed by atoms with E-state index in [-0.39, 0.29) is 19.3 Å². The molecule has 1 saturated heterocycles. The van der Waals surface area contributed by atoms with Gasteiger partial charge < -0.3 is 15.5 Å². The first kappa shape index (κ1) is 6.99. The summed E-state index contributed by atoms with van der Waals surface area (Å²) in [6, 6.07) is 0.224. The molecule has 1 aliphatic rings. The maximum Gasteiger partial charge on any atom is 0.0584 e. The summed E-state index contributed by atoms with van der Waals surface area (Å²) < 4.78 is 0. The van der Waals surface area contributed by atoms with E-state index in [2.05, 4.69) is 5.32 Å². The van der Waals surface area contributed by atoms with Crippen molar-refractivity contribution < 1.29 is 10.2 Å². The number of hydrogen-bond donors (Lipinski definition) is 3. The van der Waals surface area contributed by atoms with E-state index in [1.54, 1.807) is 0 Å². The first-order valence-electron chi connectivity index (χ1n) is 3.32.